The van der Waals surface area contributed by atoms with Gasteiger partial charge in [-0.3, -0.25) is 15.1 Å². The molecule has 1 N–H and O–H groups in total. The maximum atomic E-state index is 11.0. The van der Waals surface area contributed by atoms with E-state index in [9.17, 15) is 10.1 Å². The summed E-state index contributed by atoms with van der Waals surface area (Å²) >= 11 is 0. The van der Waals surface area contributed by atoms with Gasteiger partial charge in [-0.05, 0) is 12.1 Å². The van der Waals surface area contributed by atoms with Gasteiger partial charge in [-0.25, -0.2) is 4.98 Å². The Hall–Kier alpha value is -2.76. The molecule has 0 saturated heterocycles. The van der Waals surface area contributed by atoms with E-state index in [4.69, 9.17) is 0 Å². The van der Waals surface area contributed by atoms with E-state index in [1.165, 1.54) is 6.07 Å². The van der Waals surface area contributed by atoms with Crippen LogP contribution < -0.4 is 0 Å². The average molecular weight is 240 g/mol. The van der Waals surface area contributed by atoms with Gasteiger partial charge in [0.1, 0.15) is 5.82 Å². The number of pyridine rings is 1. The van der Waals surface area contributed by atoms with E-state index in [0.29, 0.717) is 11.4 Å². The van der Waals surface area contributed by atoms with E-state index >= 15 is 0 Å². The van der Waals surface area contributed by atoms with Gasteiger partial charge in [0, 0.05) is 12.3 Å². The molecule has 88 valence electrons. The van der Waals surface area contributed by atoms with Crippen LogP contribution in [-0.4, -0.2) is 19.9 Å². The van der Waals surface area contributed by atoms with Crippen LogP contribution in [0.2, 0.25) is 0 Å². The number of aromatic nitrogens is 3. The lowest BCUT2D eigenvalue weighted by Gasteiger charge is -1.98. The van der Waals surface area contributed by atoms with Crippen molar-refractivity contribution >= 4 is 16.7 Å². The van der Waals surface area contributed by atoms with Gasteiger partial charge in [-0.1, -0.05) is 12.1 Å². The lowest BCUT2D eigenvalue weighted by molar-refractivity contribution is -0.384. The van der Waals surface area contributed by atoms with Crippen molar-refractivity contribution in [2.45, 2.75) is 0 Å². The Morgan fingerprint density at radius 2 is 2.06 bits per heavy atom. The van der Waals surface area contributed by atoms with Crippen molar-refractivity contribution in [3.63, 3.8) is 0 Å². The van der Waals surface area contributed by atoms with Crippen molar-refractivity contribution in [2.75, 3.05) is 0 Å². The summed E-state index contributed by atoms with van der Waals surface area (Å²) in [6, 6.07) is 8.26. The fourth-order valence-corrected chi connectivity index (χ4v) is 1.82. The number of para-hydroxylation sites is 1. The van der Waals surface area contributed by atoms with Crippen LogP contribution in [0.1, 0.15) is 0 Å². The van der Waals surface area contributed by atoms with Crippen LogP contribution in [0.4, 0.5) is 5.69 Å². The minimum atomic E-state index is -0.416. The number of nitro groups is 1. The normalized spacial score (nSPS) is 10.7. The number of fused-ring (bicyclic) bond motifs is 1. The van der Waals surface area contributed by atoms with Gasteiger partial charge >= 0.3 is 0 Å². The fourth-order valence-electron chi connectivity index (χ4n) is 1.82. The Bertz CT molecular complexity index is 703. The fraction of sp³-hybridized carbons (Fsp3) is 0. The average Bonchev–Trinajstić information content (AvgIpc) is 2.82. The molecule has 0 saturated carbocycles. The quantitative estimate of drug-likeness (QED) is 0.551. The molecule has 0 fully saturated rings. The Morgan fingerprint density at radius 1 is 1.22 bits per heavy atom. The zero-order chi connectivity index (χ0) is 12.5. The number of imidazole rings is 1. The molecule has 2 aromatic heterocycles. The summed E-state index contributed by atoms with van der Waals surface area (Å²) < 4.78 is 0. The molecule has 3 rings (SSSR count). The summed E-state index contributed by atoms with van der Waals surface area (Å²) in [7, 11) is 0. The predicted octanol–water partition coefficient (Wildman–Crippen LogP) is 2.53. The number of benzene rings is 1. The predicted molar refractivity (Wildman–Crippen MR) is 66.0 cm³/mol. The van der Waals surface area contributed by atoms with Crippen molar-refractivity contribution in [3.8, 4) is 11.4 Å². The molecule has 0 aliphatic heterocycles. The maximum absolute atomic E-state index is 11.0. The molecule has 0 spiro atoms. The zero-order valence-electron chi connectivity index (χ0n) is 9.20. The van der Waals surface area contributed by atoms with Crippen LogP contribution in [0.3, 0.4) is 0 Å². The lowest BCUT2D eigenvalue weighted by atomic mass is 10.2. The van der Waals surface area contributed by atoms with E-state index in [-0.39, 0.29) is 5.69 Å². The molecule has 3 aromatic rings. The Balaban J connectivity index is 2.23. The van der Waals surface area contributed by atoms with Gasteiger partial charge < -0.3 is 4.98 Å². The molecular weight excluding hydrogens is 232 g/mol. The van der Waals surface area contributed by atoms with Crippen molar-refractivity contribution in [1.29, 1.82) is 0 Å². The second kappa shape index (κ2) is 3.92. The number of rotatable bonds is 2. The number of aromatic amines is 1. The highest BCUT2D eigenvalue weighted by atomic mass is 16.6. The third-order valence-corrected chi connectivity index (χ3v) is 2.64. The van der Waals surface area contributed by atoms with E-state index in [1.807, 2.05) is 0 Å². The van der Waals surface area contributed by atoms with E-state index in [1.54, 1.807) is 36.7 Å². The number of hydrogen-bond acceptors (Lipinski definition) is 4. The molecule has 1 aromatic carbocycles. The summed E-state index contributed by atoms with van der Waals surface area (Å²) in [5.74, 6) is 0.477. The molecule has 0 amide bonds. The molecule has 18 heavy (non-hydrogen) atoms. The van der Waals surface area contributed by atoms with Crippen LogP contribution in [0, 0.1) is 10.1 Å². The van der Waals surface area contributed by atoms with Crippen molar-refractivity contribution < 1.29 is 4.92 Å². The van der Waals surface area contributed by atoms with Crippen LogP contribution in [0.15, 0.2) is 42.7 Å². The van der Waals surface area contributed by atoms with Gasteiger partial charge in [-0.2, -0.15) is 0 Å². The standard InChI is InChI=1S/C12H8N4O2/c17-16(18)11-4-2-1-3-8(11)12-14-9-5-6-13-7-10(9)15-12/h1-7H,(H,14,15). The number of nitrogens with zero attached hydrogens (tertiary/aromatic N) is 3. The minimum Gasteiger partial charge on any atom is -0.336 e. The minimum absolute atomic E-state index is 0.0320. The summed E-state index contributed by atoms with van der Waals surface area (Å²) in [6.45, 7) is 0. The number of nitro benzene ring substituents is 1. The van der Waals surface area contributed by atoms with E-state index in [0.717, 1.165) is 11.0 Å². The first-order valence-corrected chi connectivity index (χ1v) is 5.29. The van der Waals surface area contributed by atoms with Crippen LogP contribution in [-0.2, 0) is 0 Å². The molecule has 0 bridgehead atoms. The Kier molecular flexibility index (Phi) is 2.26. The lowest BCUT2D eigenvalue weighted by Crippen LogP contribution is -1.92. The molecule has 0 aliphatic carbocycles. The topological polar surface area (TPSA) is 84.7 Å². The Morgan fingerprint density at radius 3 is 2.83 bits per heavy atom. The molecule has 0 aliphatic rings. The van der Waals surface area contributed by atoms with Crippen LogP contribution >= 0.6 is 0 Å². The van der Waals surface area contributed by atoms with E-state index < -0.39 is 4.92 Å². The van der Waals surface area contributed by atoms with Crippen molar-refractivity contribution in [2.24, 2.45) is 0 Å². The van der Waals surface area contributed by atoms with Gasteiger partial charge in [0.05, 0.1) is 27.7 Å². The highest BCUT2D eigenvalue weighted by molar-refractivity contribution is 5.80. The van der Waals surface area contributed by atoms with E-state index in [2.05, 4.69) is 15.0 Å². The molecule has 0 atom stereocenters. The first-order chi connectivity index (χ1) is 8.75. The second-order valence-electron chi connectivity index (χ2n) is 3.75. The first-order valence-electron chi connectivity index (χ1n) is 5.29. The largest absolute Gasteiger partial charge is 0.336 e. The van der Waals surface area contributed by atoms with Crippen molar-refractivity contribution in [3.05, 3.63) is 52.8 Å². The third-order valence-electron chi connectivity index (χ3n) is 2.64. The molecule has 6 nitrogen and oxygen atoms in total. The summed E-state index contributed by atoms with van der Waals surface area (Å²) in [6.07, 6.45) is 3.27. The summed E-state index contributed by atoms with van der Waals surface area (Å²) in [5.41, 5.74) is 1.99. The number of H-pyrrole nitrogens is 1. The molecule has 2 heterocycles. The van der Waals surface area contributed by atoms with Gasteiger partial charge in [0.15, 0.2) is 0 Å². The SMILES string of the molecule is O=[N+]([O-])c1ccccc1-c1nc2ccncc2[nH]1. The summed E-state index contributed by atoms with van der Waals surface area (Å²) in [5, 5.41) is 11.0. The smallest absolute Gasteiger partial charge is 0.280 e. The molecule has 0 radical (unpaired) electrons. The second-order valence-corrected chi connectivity index (χ2v) is 3.75. The molecular formula is C12H8N4O2. The number of nitrogens with one attached hydrogen (secondary N) is 1. The van der Waals surface area contributed by atoms with Gasteiger partial charge in [-0.15, -0.1) is 0 Å². The van der Waals surface area contributed by atoms with Crippen molar-refractivity contribution in [1.82, 2.24) is 15.0 Å². The first kappa shape index (κ1) is 10.4. The highest BCUT2D eigenvalue weighted by Crippen LogP contribution is 2.28. The summed E-state index contributed by atoms with van der Waals surface area (Å²) in [4.78, 5) is 21.9. The molecule has 0 unspecified atom stereocenters. The van der Waals surface area contributed by atoms with Gasteiger partial charge in [0.2, 0.25) is 0 Å². The maximum Gasteiger partial charge on any atom is 0.280 e. The van der Waals surface area contributed by atoms with Crippen LogP contribution in [0.5, 0.6) is 0 Å². The third kappa shape index (κ3) is 1.60. The monoisotopic (exact) mass is 240 g/mol. The Labute approximate surface area is 101 Å². The number of hydrogen-bond donors (Lipinski definition) is 1. The zero-order valence-corrected chi connectivity index (χ0v) is 9.20. The van der Waals surface area contributed by atoms with Crippen LogP contribution in [0.25, 0.3) is 22.4 Å². The highest BCUT2D eigenvalue weighted by Gasteiger charge is 2.16. The van der Waals surface area contributed by atoms with Gasteiger partial charge in [0.25, 0.3) is 5.69 Å². The molecule has 6 heteroatoms.